The number of ether oxygens (including phenoxy) is 2. The van der Waals surface area contributed by atoms with Crippen LogP contribution >= 0.6 is 10.7 Å². The Morgan fingerprint density at radius 2 is 2.12 bits per heavy atom. The summed E-state index contributed by atoms with van der Waals surface area (Å²) in [4.78, 5) is 21.8. The van der Waals surface area contributed by atoms with Gasteiger partial charge in [-0.2, -0.15) is 14.5 Å². The van der Waals surface area contributed by atoms with Gasteiger partial charge in [0.15, 0.2) is 5.75 Å². The minimum Gasteiger partial charge on any atom is -0.491 e. The summed E-state index contributed by atoms with van der Waals surface area (Å²) in [5.41, 5.74) is 0.334. The summed E-state index contributed by atoms with van der Waals surface area (Å²) >= 11 is 0. The molecule has 1 amide bonds. The third-order valence-corrected chi connectivity index (χ3v) is 4.82. The van der Waals surface area contributed by atoms with Crippen molar-refractivity contribution in [3.05, 3.63) is 6.20 Å². The summed E-state index contributed by atoms with van der Waals surface area (Å²) in [6.45, 7) is 0.166. The van der Waals surface area contributed by atoms with Gasteiger partial charge in [0.25, 0.3) is 5.95 Å². The fraction of sp³-hybridized carbons (Fsp3) is 0.500. The highest BCUT2D eigenvalue weighted by Crippen LogP contribution is 2.28. The van der Waals surface area contributed by atoms with Crippen LogP contribution in [0.5, 0.6) is 11.8 Å². The van der Waals surface area contributed by atoms with Gasteiger partial charge in [-0.15, -0.1) is 5.10 Å². The molecule has 0 saturated carbocycles. The first-order valence-corrected chi connectivity index (χ1v) is 9.36. The molecule has 1 saturated heterocycles. The van der Waals surface area contributed by atoms with E-state index in [1.807, 2.05) is 0 Å². The Hall–Kier alpha value is -2.14. The maximum absolute atomic E-state index is 12.2. The van der Waals surface area contributed by atoms with E-state index in [-0.39, 0.29) is 36.6 Å². The van der Waals surface area contributed by atoms with Crippen LogP contribution < -0.4 is 14.4 Å². The average Bonchev–Trinajstić information content (AvgIpc) is 3.08. The Kier molecular flexibility index (Phi) is 4.22. The van der Waals surface area contributed by atoms with E-state index in [4.69, 9.17) is 20.2 Å². The molecule has 130 valence electrons. The first-order chi connectivity index (χ1) is 11.3. The fourth-order valence-electron chi connectivity index (χ4n) is 2.59. The van der Waals surface area contributed by atoms with Gasteiger partial charge >= 0.3 is 6.01 Å². The van der Waals surface area contributed by atoms with E-state index in [0.29, 0.717) is 11.4 Å². The lowest BCUT2D eigenvalue weighted by Crippen LogP contribution is -2.26. The second-order valence-corrected chi connectivity index (χ2v) is 8.06. The van der Waals surface area contributed by atoms with Crippen molar-refractivity contribution in [2.45, 2.75) is 6.42 Å². The molecule has 3 rings (SSSR count). The van der Waals surface area contributed by atoms with Gasteiger partial charge in [0.05, 0.1) is 26.2 Å². The lowest BCUT2D eigenvalue weighted by molar-refractivity contribution is -0.117. The van der Waals surface area contributed by atoms with Gasteiger partial charge in [0.1, 0.15) is 0 Å². The van der Waals surface area contributed by atoms with Crippen LogP contribution in [0.25, 0.3) is 5.65 Å². The summed E-state index contributed by atoms with van der Waals surface area (Å²) in [5.74, 6) is -0.478. The number of rotatable bonds is 5. The number of carbonyl (C=O) groups excluding carboxylic acids is 1. The molecule has 1 aliphatic rings. The van der Waals surface area contributed by atoms with Crippen LogP contribution in [0.15, 0.2) is 6.20 Å². The lowest BCUT2D eigenvalue weighted by atomic mass is 10.1. The van der Waals surface area contributed by atoms with Crippen LogP contribution in [0.1, 0.15) is 6.42 Å². The van der Waals surface area contributed by atoms with Gasteiger partial charge < -0.3 is 9.47 Å². The topological polar surface area (TPSA) is 116 Å². The van der Waals surface area contributed by atoms with Gasteiger partial charge in [-0.1, -0.05) is 0 Å². The zero-order valence-electron chi connectivity index (χ0n) is 12.8. The Morgan fingerprint density at radius 1 is 1.38 bits per heavy atom. The van der Waals surface area contributed by atoms with Gasteiger partial charge in [0.2, 0.25) is 20.6 Å². The van der Waals surface area contributed by atoms with Crippen LogP contribution in [-0.2, 0) is 13.8 Å². The van der Waals surface area contributed by atoms with Crippen molar-refractivity contribution >= 4 is 37.2 Å². The van der Waals surface area contributed by atoms with Gasteiger partial charge in [-0.3, -0.25) is 9.69 Å². The van der Waals surface area contributed by atoms with Crippen molar-refractivity contribution in [2.24, 2.45) is 5.92 Å². The zero-order valence-corrected chi connectivity index (χ0v) is 14.4. The van der Waals surface area contributed by atoms with Crippen molar-refractivity contribution in [1.29, 1.82) is 0 Å². The Morgan fingerprint density at radius 3 is 2.75 bits per heavy atom. The maximum atomic E-state index is 12.2. The Balaban J connectivity index is 1.96. The van der Waals surface area contributed by atoms with Crippen molar-refractivity contribution in [1.82, 2.24) is 19.6 Å². The largest absolute Gasteiger partial charge is 0.491 e. The van der Waals surface area contributed by atoms with Crippen molar-refractivity contribution in [3.63, 3.8) is 0 Å². The second-order valence-electron chi connectivity index (χ2n) is 5.24. The molecule has 0 N–H and O–H groups in total. The first kappa shape index (κ1) is 16.7. The Labute approximate surface area is 141 Å². The molecule has 2 aromatic heterocycles. The molecule has 1 fully saturated rings. The summed E-state index contributed by atoms with van der Waals surface area (Å²) in [5, 5.41) is 4.22. The first-order valence-electron chi connectivity index (χ1n) is 6.89. The van der Waals surface area contributed by atoms with Crippen molar-refractivity contribution in [3.8, 4) is 11.8 Å². The van der Waals surface area contributed by atoms with E-state index in [2.05, 4.69) is 15.1 Å². The fourth-order valence-corrected chi connectivity index (χ4v) is 3.91. The monoisotopic (exact) mass is 375 g/mol. The molecule has 0 aliphatic carbocycles. The number of hydrogen-bond acceptors (Lipinski definition) is 8. The van der Waals surface area contributed by atoms with E-state index in [9.17, 15) is 13.2 Å². The summed E-state index contributed by atoms with van der Waals surface area (Å²) in [7, 11) is 4.47. The van der Waals surface area contributed by atoms with Crippen LogP contribution in [0.4, 0.5) is 5.95 Å². The summed E-state index contributed by atoms with van der Waals surface area (Å²) in [6, 6.07) is 0.177. The molecule has 0 radical (unpaired) electrons. The van der Waals surface area contributed by atoms with Crippen LogP contribution in [0.2, 0.25) is 0 Å². The van der Waals surface area contributed by atoms with Crippen LogP contribution in [-0.4, -0.2) is 60.4 Å². The molecule has 1 unspecified atom stereocenters. The third-order valence-electron chi connectivity index (χ3n) is 3.57. The second kappa shape index (κ2) is 6.06. The van der Waals surface area contributed by atoms with E-state index in [0.717, 1.165) is 0 Å². The highest BCUT2D eigenvalue weighted by Gasteiger charge is 2.35. The standard InChI is InChI=1S/C12H14ClN5O5S/c1-22-8-4-14-12(23-2)18-10(8)15-11(16-18)17-5-7(3-9(17)19)6-24(13,20)21/h4,7H,3,5-6H2,1-2H3. The number of amides is 1. The Bertz CT molecular complexity index is 858. The maximum Gasteiger partial charge on any atom is 0.319 e. The molecule has 12 heteroatoms. The van der Waals surface area contributed by atoms with Gasteiger partial charge in [-0.25, -0.2) is 8.42 Å². The van der Waals surface area contributed by atoms with E-state index in [1.54, 1.807) is 0 Å². The third kappa shape index (κ3) is 3.08. The van der Waals surface area contributed by atoms with E-state index in [1.165, 1.54) is 29.8 Å². The quantitative estimate of drug-likeness (QED) is 0.674. The van der Waals surface area contributed by atoms with E-state index >= 15 is 0 Å². The molecule has 2 aromatic rings. The van der Waals surface area contributed by atoms with Gasteiger partial charge in [0, 0.05) is 29.6 Å². The number of fused-ring (bicyclic) bond motifs is 1. The zero-order chi connectivity index (χ0) is 17.5. The number of hydrogen-bond donors (Lipinski definition) is 0. The molecule has 1 aliphatic heterocycles. The highest BCUT2D eigenvalue weighted by molar-refractivity contribution is 8.13. The van der Waals surface area contributed by atoms with Crippen LogP contribution in [0, 0.1) is 5.92 Å². The smallest absolute Gasteiger partial charge is 0.319 e. The predicted octanol–water partition coefficient (Wildman–Crippen LogP) is 0.0630. The molecule has 3 heterocycles. The number of anilines is 1. The number of halogens is 1. The van der Waals surface area contributed by atoms with Gasteiger partial charge in [-0.05, 0) is 0 Å². The summed E-state index contributed by atoms with van der Waals surface area (Å²) in [6.07, 6.45) is 1.50. The van der Waals surface area contributed by atoms with Crippen molar-refractivity contribution < 1.29 is 22.7 Å². The molecule has 0 bridgehead atoms. The minimum absolute atomic E-state index is 0.0635. The number of carbonyl (C=O) groups is 1. The molecular weight excluding hydrogens is 362 g/mol. The molecule has 10 nitrogen and oxygen atoms in total. The highest BCUT2D eigenvalue weighted by atomic mass is 35.7. The molecule has 0 spiro atoms. The average molecular weight is 376 g/mol. The normalized spacial score (nSPS) is 18.4. The lowest BCUT2D eigenvalue weighted by Gasteiger charge is -2.10. The summed E-state index contributed by atoms with van der Waals surface area (Å²) < 4.78 is 34.0. The molecule has 0 aromatic carbocycles. The molecular formula is C12H14ClN5O5S. The molecule has 24 heavy (non-hydrogen) atoms. The number of methoxy groups -OCH3 is 2. The SMILES string of the molecule is COc1cnc(OC)n2nc(N3CC(CS(=O)(=O)Cl)CC3=O)nc12. The minimum atomic E-state index is -3.69. The van der Waals surface area contributed by atoms with Crippen molar-refractivity contribution in [2.75, 3.05) is 31.4 Å². The number of aromatic nitrogens is 4. The predicted molar refractivity (Wildman–Crippen MR) is 84.0 cm³/mol. The number of nitrogens with zero attached hydrogens (tertiary/aromatic N) is 5. The van der Waals surface area contributed by atoms with Crippen LogP contribution in [0.3, 0.4) is 0 Å². The van der Waals surface area contributed by atoms with E-state index < -0.39 is 15.0 Å². The molecule has 1 atom stereocenters.